The molecule has 2 heterocycles. The Labute approximate surface area is 134 Å². The molecule has 1 aromatic carbocycles. The molecule has 7 heteroatoms. The molecule has 3 rings (SSSR count). The van der Waals surface area contributed by atoms with Gasteiger partial charge in [-0.2, -0.15) is 5.10 Å². The van der Waals surface area contributed by atoms with Crippen LogP contribution in [-0.4, -0.2) is 54.1 Å². The van der Waals surface area contributed by atoms with Crippen LogP contribution in [0.4, 0.5) is 10.5 Å². The van der Waals surface area contributed by atoms with Crippen molar-refractivity contribution in [2.24, 2.45) is 0 Å². The highest BCUT2D eigenvalue weighted by molar-refractivity contribution is 5.89. The van der Waals surface area contributed by atoms with Gasteiger partial charge in [0, 0.05) is 13.1 Å². The number of aromatic nitrogens is 2. The number of amides is 2. The molecule has 1 fully saturated rings. The molecule has 0 radical (unpaired) electrons. The first-order chi connectivity index (χ1) is 11.2. The first-order valence-corrected chi connectivity index (χ1v) is 7.52. The highest BCUT2D eigenvalue weighted by Gasteiger charge is 2.18. The molecular weight excluding hydrogens is 296 g/mol. The van der Waals surface area contributed by atoms with E-state index < -0.39 is 0 Å². The maximum absolute atomic E-state index is 12.3. The Morgan fingerprint density at radius 2 is 1.96 bits per heavy atom. The fourth-order valence-corrected chi connectivity index (χ4v) is 2.48. The summed E-state index contributed by atoms with van der Waals surface area (Å²) in [5.41, 5.74) is 2.49. The third-order valence-corrected chi connectivity index (χ3v) is 3.87. The largest absolute Gasteiger partial charge is 0.497 e. The molecule has 122 valence electrons. The van der Waals surface area contributed by atoms with E-state index in [1.54, 1.807) is 22.9 Å². The van der Waals surface area contributed by atoms with Crippen LogP contribution < -0.4 is 10.1 Å². The molecule has 23 heavy (non-hydrogen) atoms. The summed E-state index contributed by atoms with van der Waals surface area (Å²) in [5.74, 6) is 0.791. The lowest BCUT2D eigenvalue weighted by molar-refractivity contribution is 0.0564. The summed E-state index contributed by atoms with van der Waals surface area (Å²) < 4.78 is 12.2. The van der Waals surface area contributed by atoms with Crippen molar-refractivity contribution in [2.75, 3.05) is 38.7 Å². The topological polar surface area (TPSA) is 68.6 Å². The summed E-state index contributed by atoms with van der Waals surface area (Å²) in [6.07, 6.45) is 1.66. The zero-order valence-corrected chi connectivity index (χ0v) is 13.3. The Kier molecular flexibility index (Phi) is 4.47. The molecule has 0 unspecified atom stereocenters. The van der Waals surface area contributed by atoms with Crippen LogP contribution >= 0.6 is 0 Å². The maximum Gasteiger partial charge on any atom is 0.322 e. The third kappa shape index (κ3) is 3.29. The number of hydrogen-bond donors (Lipinski definition) is 1. The minimum Gasteiger partial charge on any atom is -0.497 e. The average Bonchev–Trinajstić information content (AvgIpc) is 2.96. The van der Waals surface area contributed by atoms with Crippen molar-refractivity contribution in [3.8, 4) is 11.4 Å². The number of nitrogens with one attached hydrogen (secondary N) is 1. The van der Waals surface area contributed by atoms with E-state index in [0.717, 1.165) is 17.1 Å². The predicted octanol–water partition coefficient (Wildman–Crippen LogP) is 2.05. The van der Waals surface area contributed by atoms with E-state index in [4.69, 9.17) is 9.47 Å². The zero-order chi connectivity index (χ0) is 16.2. The number of benzene rings is 1. The van der Waals surface area contributed by atoms with Crippen molar-refractivity contribution in [3.63, 3.8) is 0 Å². The zero-order valence-electron chi connectivity index (χ0n) is 13.3. The summed E-state index contributed by atoms with van der Waals surface area (Å²) in [7, 11) is 1.63. The molecule has 1 aliphatic rings. The number of morpholine rings is 1. The molecule has 1 N–H and O–H groups in total. The second kappa shape index (κ2) is 6.70. The van der Waals surface area contributed by atoms with Gasteiger partial charge in [0.15, 0.2) is 0 Å². The number of carbonyl (C=O) groups excluding carboxylic acids is 1. The highest BCUT2D eigenvalue weighted by atomic mass is 16.5. The van der Waals surface area contributed by atoms with Crippen LogP contribution in [0.2, 0.25) is 0 Å². The normalized spacial score (nSPS) is 14.6. The van der Waals surface area contributed by atoms with Crippen LogP contribution in [0.5, 0.6) is 5.75 Å². The Hall–Kier alpha value is -2.54. The van der Waals surface area contributed by atoms with Crippen molar-refractivity contribution in [3.05, 3.63) is 36.2 Å². The van der Waals surface area contributed by atoms with Gasteiger partial charge in [-0.3, -0.25) is 0 Å². The van der Waals surface area contributed by atoms with Gasteiger partial charge >= 0.3 is 6.03 Å². The van der Waals surface area contributed by atoms with Crippen LogP contribution in [0, 0.1) is 6.92 Å². The van der Waals surface area contributed by atoms with Crippen LogP contribution in [0.1, 0.15) is 5.69 Å². The number of hydrogen-bond acceptors (Lipinski definition) is 4. The predicted molar refractivity (Wildman–Crippen MR) is 86.3 cm³/mol. The fourth-order valence-electron chi connectivity index (χ4n) is 2.48. The Morgan fingerprint density at radius 1 is 1.26 bits per heavy atom. The first-order valence-electron chi connectivity index (χ1n) is 7.52. The SMILES string of the molecule is COc1ccc(-n2ncc(NC(=O)N3CCOCC3)c2C)cc1. The molecule has 1 saturated heterocycles. The van der Waals surface area contributed by atoms with Crippen LogP contribution in [0.25, 0.3) is 5.69 Å². The molecular formula is C16H20N4O3. The standard InChI is InChI=1S/C16H20N4O3/c1-12-15(18-16(21)19-7-9-23-10-8-19)11-17-20(12)13-3-5-14(22-2)6-4-13/h3-6,11H,7-10H2,1-2H3,(H,18,21). The number of urea groups is 1. The maximum atomic E-state index is 12.3. The molecule has 0 spiro atoms. The Morgan fingerprint density at radius 3 is 2.61 bits per heavy atom. The van der Waals surface area contributed by atoms with Crippen LogP contribution in [0.3, 0.4) is 0 Å². The van der Waals surface area contributed by atoms with Gasteiger partial charge < -0.3 is 19.7 Å². The van der Waals surface area contributed by atoms with Crippen LogP contribution in [-0.2, 0) is 4.74 Å². The van der Waals surface area contributed by atoms with E-state index in [2.05, 4.69) is 10.4 Å². The quantitative estimate of drug-likeness (QED) is 0.941. The molecule has 0 aliphatic carbocycles. The average molecular weight is 316 g/mol. The summed E-state index contributed by atoms with van der Waals surface area (Å²) in [5, 5.41) is 7.27. The lowest BCUT2D eigenvalue weighted by Gasteiger charge is -2.26. The highest BCUT2D eigenvalue weighted by Crippen LogP contribution is 2.21. The second-order valence-electron chi connectivity index (χ2n) is 5.28. The van der Waals surface area contributed by atoms with Gasteiger partial charge in [-0.05, 0) is 31.2 Å². The van der Waals surface area contributed by atoms with Crippen molar-refractivity contribution in [1.29, 1.82) is 0 Å². The monoisotopic (exact) mass is 316 g/mol. The van der Waals surface area contributed by atoms with Gasteiger partial charge in [-0.1, -0.05) is 0 Å². The minimum absolute atomic E-state index is 0.120. The third-order valence-electron chi connectivity index (χ3n) is 3.87. The number of carbonyl (C=O) groups is 1. The smallest absolute Gasteiger partial charge is 0.322 e. The van der Waals surface area contributed by atoms with Crippen molar-refractivity contribution < 1.29 is 14.3 Å². The lowest BCUT2D eigenvalue weighted by Crippen LogP contribution is -2.43. The van der Waals surface area contributed by atoms with Gasteiger partial charge in [0.2, 0.25) is 0 Å². The fraction of sp³-hybridized carbons (Fsp3) is 0.375. The van der Waals surface area contributed by atoms with E-state index in [-0.39, 0.29) is 6.03 Å². The molecule has 0 saturated carbocycles. The van der Waals surface area contributed by atoms with E-state index in [0.29, 0.717) is 32.0 Å². The molecule has 0 bridgehead atoms. The molecule has 7 nitrogen and oxygen atoms in total. The van der Waals surface area contributed by atoms with E-state index in [9.17, 15) is 4.79 Å². The van der Waals surface area contributed by atoms with Crippen molar-refractivity contribution in [2.45, 2.75) is 6.92 Å². The molecule has 1 aromatic heterocycles. The van der Waals surface area contributed by atoms with Crippen LogP contribution in [0.15, 0.2) is 30.5 Å². The summed E-state index contributed by atoms with van der Waals surface area (Å²) in [6, 6.07) is 7.48. The first kappa shape index (κ1) is 15.4. The van der Waals surface area contributed by atoms with Gasteiger partial charge in [-0.25, -0.2) is 9.48 Å². The number of ether oxygens (including phenoxy) is 2. The van der Waals surface area contributed by atoms with Gasteiger partial charge in [-0.15, -0.1) is 0 Å². The molecule has 0 atom stereocenters. The lowest BCUT2D eigenvalue weighted by atomic mass is 10.3. The van der Waals surface area contributed by atoms with E-state index in [1.165, 1.54) is 0 Å². The minimum atomic E-state index is -0.120. The van der Waals surface area contributed by atoms with Gasteiger partial charge in [0.25, 0.3) is 0 Å². The summed E-state index contributed by atoms with van der Waals surface area (Å²) in [4.78, 5) is 14.0. The van der Waals surface area contributed by atoms with Crippen molar-refractivity contribution in [1.82, 2.24) is 14.7 Å². The van der Waals surface area contributed by atoms with Gasteiger partial charge in [0.1, 0.15) is 5.75 Å². The second-order valence-corrected chi connectivity index (χ2v) is 5.28. The summed E-state index contributed by atoms with van der Waals surface area (Å²) in [6.45, 7) is 4.30. The van der Waals surface area contributed by atoms with E-state index in [1.807, 2.05) is 31.2 Å². The molecule has 2 amide bonds. The molecule has 1 aliphatic heterocycles. The summed E-state index contributed by atoms with van der Waals surface area (Å²) >= 11 is 0. The number of rotatable bonds is 3. The number of methoxy groups -OCH3 is 1. The Bertz CT molecular complexity index is 675. The Balaban J connectivity index is 1.74. The number of anilines is 1. The number of nitrogens with zero attached hydrogens (tertiary/aromatic N) is 3. The van der Waals surface area contributed by atoms with Crippen molar-refractivity contribution >= 4 is 11.7 Å². The van der Waals surface area contributed by atoms with Gasteiger partial charge in [0.05, 0.1) is 43.6 Å². The molecule has 2 aromatic rings. The van der Waals surface area contributed by atoms with E-state index >= 15 is 0 Å².